The molecule has 0 fully saturated rings. The number of carbonyl (C=O) groups excluding carboxylic acids is 2. The smallest absolute Gasteiger partial charge is 0.410 e. The molecule has 22 heavy (non-hydrogen) atoms. The van der Waals surface area contributed by atoms with Gasteiger partial charge in [-0.25, -0.2) is 9.59 Å². The van der Waals surface area contributed by atoms with Crippen molar-refractivity contribution >= 4 is 12.1 Å². The Morgan fingerprint density at radius 2 is 1.77 bits per heavy atom. The molecule has 0 aliphatic rings. The van der Waals surface area contributed by atoms with E-state index in [0.29, 0.717) is 5.76 Å². The van der Waals surface area contributed by atoms with Gasteiger partial charge in [0.2, 0.25) is 5.76 Å². The number of furan rings is 1. The molecule has 1 unspecified atom stereocenters. The lowest BCUT2D eigenvalue weighted by molar-refractivity contribution is 0.0214. The molecular formula is C16H25NO5. The van der Waals surface area contributed by atoms with Crippen LogP contribution >= 0.6 is 0 Å². The van der Waals surface area contributed by atoms with Crippen LogP contribution in [0.1, 0.15) is 63.9 Å². The lowest BCUT2D eigenvalue weighted by Crippen LogP contribution is -2.35. The van der Waals surface area contributed by atoms with Gasteiger partial charge in [0.05, 0.1) is 12.1 Å². The Kier molecular flexibility index (Phi) is 5.63. The number of amides is 1. The minimum absolute atomic E-state index is 0.119. The van der Waals surface area contributed by atoms with E-state index in [1.165, 1.54) is 4.90 Å². The fraction of sp³-hybridized carbons (Fsp3) is 0.625. The lowest BCUT2D eigenvalue weighted by atomic mass is 10.2. The zero-order valence-corrected chi connectivity index (χ0v) is 14.3. The van der Waals surface area contributed by atoms with E-state index in [0.717, 1.165) is 0 Å². The summed E-state index contributed by atoms with van der Waals surface area (Å²) in [5.74, 6) is 0.0885. The van der Waals surface area contributed by atoms with Crippen LogP contribution in [0.3, 0.4) is 0 Å². The number of carbonyl (C=O) groups is 2. The van der Waals surface area contributed by atoms with E-state index < -0.39 is 17.7 Å². The summed E-state index contributed by atoms with van der Waals surface area (Å²) in [4.78, 5) is 25.2. The molecule has 0 saturated heterocycles. The van der Waals surface area contributed by atoms with Crippen molar-refractivity contribution in [1.82, 2.24) is 4.90 Å². The van der Waals surface area contributed by atoms with Crippen molar-refractivity contribution in [3.05, 3.63) is 23.7 Å². The van der Waals surface area contributed by atoms with Gasteiger partial charge in [-0.2, -0.15) is 0 Å². The van der Waals surface area contributed by atoms with E-state index in [2.05, 4.69) is 0 Å². The highest BCUT2D eigenvalue weighted by atomic mass is 16.6. The summed E-state index contributed by atoms with van der Waals surface area (Å²) < 4.78 is 15.9. The van der Waals surface area contributed by atoms with Gasteiger partial charge in [-0.1, -0.05) is 0 Å². The Morgan fingerprint density at radius 3 is 2.27 bits per heavy atom. The highest BCUT2D eigenvalue weighted by Gasteiger charge is 2.26. The molecule has 0 aliphatic carbocycles. The summed E-state index contributed by atoms with van der Waals surface area (Å²) in [6, 6.07) is 2.83. The van der Waals surface area contributed by atoms with Crippen molar-refractivity contribution in [2.45, 2.75) is 59.3 Å². The molecular weight excluding hydrogens is 286 g/mol. The summed E-state index contributed by atoms with van der Waals surface area (Å²) in [7, 11) is 1.62. The van der Waals surface area contributed by atoms with Gasteiger partial charge in [0.1, 0.15) is 11.4 Å². The van der Waals surface area contributed by atoms with Crippen LogP contribution in [0.25, 0.3) is 0 Å². The second kappa shape index (κ2) is 6.85. The molecule has 0 radical (unpaired) electrons. The number of hydrogen-bond donors (Lipinski definition) is 0. The van der Waals surface area contributed by atoms with E-state index in [-0.39, 0.29) is 17.9 Å². The Morgan fingerprint density at radius 1 is 1.18 bits per heavy atom. The summed E-state index contributed by atoms with van der Waals surface area (Å²) in [6.07, 6.45) is -0.675. The van der Waals surface area contributed by atoms with Crippen molar-refractivity contribution in [3.8, 4) is 0 Å². The molecule has 6 heteroatoms. The molecule has 1 rings (SSSR count). The normalized spacial score (nSPS) is 12.9. The van der Waals surface area contributed by atoms with Crippen LogP contribution in [0.4, 0.5) is 4.79 Å². The van der Waals surface area contributed by atoms with E-state index in [1.807, 2.05) is 0 Å². The second-order valence-electron chi connectivity index (χ2n) is 6.42. The van der Waals surface area contributed by atoms with Crippen LogP contribution < -0.4 is 0 Å². The van der Waals surface area contributed by atoms with Gasteiger partial charge in [-0.3, -0.25) is 0 Å². The summed E-state index contributed by atoms with van der Waals surface area (Å²) in [5, 5.41) is 0. The Hall–Kier alpha value is -1.98. The second-order valence-corrected chi connectivity index (χ2v) is 6.42. The standard InChI is InChI=1S/C16H25NO5/c1-10(2)20-14(18)13-9-8-12(21-13)11(3)17(7)15(19)22-16(4,5)6/h8-11H,1-7H3. The van der Waals surface area contributed by atoms with Gasteiger partial charge >= 0.3 is 12.1 Å². The molecule has 1 atom stereocenters. The van der Waals surface area contributed by atoms with Gasteiger partial charge in [0.15, 0.2) is 0 Å². The fourth-order valence-corrected chi connectivity index (χ4v) is 1.64. The molecule has 1 aromatic rings. The first-order chi connectivity index (χ1) is 10.0. The van der Waals surface area contributed by atoms with Gasteiger partial charge in [-0.15, -0.1) is 0 Å². The van der Waals surface area contributed by atoms with Crippen LogP contribution in [0.2, 0.25) is 0 Å². The summed E-state index contributed by atoms with van der Waals surface area (Å²) in [6.45, 7) is 10.7. The largest absolute Gasteiger partial charge is 0.457 e. The summed E-state index contributed by atoms with van der Waals surface area (Å²) >= 11 is 0. The van der Waals surface area contributed by atoms with Crippen molar-refractivity contribution in [2.75, 3.05) is 7.05 Å². The maximum atomic E-state index is 12.0. The third-order valence-electron chi connectivity index (χ3n) is 2.84. The molecule has 1 aromatic heterocycles. The van der Waals surface area contributed by atoms with Gasteiger partial charge < -0.3 is 18.8 Å². The van der Waals surface area contributed by atoms with E-state index in [9.17, 15) is 9.59 Å². The number of esters is 1. The van der Waals surface area contributed by atoms with E-state index in [1.54, 1.807) is 60.7 Å². The molecule has 6 nitrogen and oxygen atoms in total. The molecule has 1 amide bonds. The lowest BCUT2D eigenvalue weighted by Gasteiger charge is -2.27. The predicted octanol–water partition coefficient (Wildman–Crippen LogP) is 3.77. The van der Waals surface area contributed by atoms with Crippen molar-refractivity contribution in [3.63, 3.8) is 0 Å². The van der Waals surface area contributed by atoms with Crippen LogP contribution in [0.15, 0.2) is 16.5 Å². The minimum Gasteiger partial charge on any atom is -0.457 e. The molecule has 1 heterocycles. The number of nitrogens with zero attached hydrogens (tertiary/aromatic N) is 1. The molecule has 0 aliphatic heterocycles. The SMILES string of the molecule is CC(C)OC(=O)c1ccc(C(C)N(C)C(=O)OC(C)(C)C)o1. The quantitative estimate of drug-likeness (QED) is 0.792. The molecule has 0 aromatic carbocycles. The first-order valence-corrected chi connectivity index (χ1v) is 7.28. The molecule has 124 valence electrons. The van der Waals surface area contributed by atoms with Crippen molar-refractivity contribution in [1.29, 1.82) is 0 Å². The first-order valence-electron chi connectivity index (χ1n) is 7.28. The Labute approximate surface area is 131 Å². The average Bonchev–Trinajstić information content (AvgIpc) is 2.83. The van der Waals surface area contributed by atoms with Crippen LogP contribution in [0, 0.1) is 0 Å². The number of hydrogen-bond acceptors (Lipinski definition) is 5. The summed E-state index contributed by atoms with van der Waals surface area (Å²) in [5.41, 5.74) is -0.569. The van der Waals surface area contributed by atoms with Crippen molar-refractivity contribution in [2.24, 2.45) is 0 Å². The molecule has 0 saturated carbocycles. The monoisotopic (exact) mass is 311 g/mol. The van der Waals surface area contributed by atoms with E-state index in [4.69, 9.17) is 13.9 Å². The van der Waals surface area contributed by atoms with Gasteiger partial charge in [0, 0.05) is 7.05 Å². The first kappa shape index (κ1) is 18.1. The Bertz CT molecular complexity index is 527. The number of rotatable bonds is 4. The molecule has 0 spiro atoms. The zero-order chi connectivity index (χ0) is 17.1. The molecule has 0 bridgehead atoms. The van der Waals surface area contributed by atoms with Gasteiger partial charge in [-0.05, 0) is 53.7 Å². The van der Waals surface area contributed by atoms with Crippen LogP contribution in [-0.4, -0.2) is 35.7 Å². The third kappa shape index (κ3) is 5.09. The topological polar surface area (TPSA) is 69.0 Å². The highest BCUT2D eigenvalue weighted by Crippen LogP contribution is 2.23. The van der Waals surface area contributed by atoms with Crippen LogP contribution in [0.5, 0.6) is 0 Å². The van der Waals surface area contributed by atoms with Crippen molar-refractivity contribution < 1.29 is 23.5 Å². The van der Waals surface area contributed by atoms with E-state index >= 15 is 0 Å². The minimum atomic E-state index is -0.569. The maximum Gasteiger partial charge on any atom is 0.410 e. The molecule has 0 N–H and O–H groups in total. The predicted molar refractivity (Wildman–Crippen MR) is 81.7 cm³/mol. The fourth-order valence-electron chi connectivity index (χ4n) is 1.64. The Balaban J connectivity index is 2.77. The zero-order valence-electron chi connectivity index (χ0n) is 14.3. The average molecular weight is 311 g/mol. The van der Waals surface area contributed by atoms with Gasteiger partial charge in [0.25, 0.3) is 0 Å². The number of ether oxygens (including phenoxy) is 2. The highest BCUT2D eigenvalue weighted by molar-refractivity contribution is 5.86. The third-order valence-corrected chi connectivity index (χ3v) is 2.84. The van der Waals surface area contributed by atoms with Crippen LogP contribution in [-0.2, 0) is 9.47 Å². The maximum absolute atomic E-state index is 12.0.